The van der Waals surface area contributed by atoms with Crippen molar-refractivity contribution in [1.29, 1.82) is 0 Å². The Bertz CT molecular complexity index is 656. The van der Waals surface area contributed by atoms with Crippen molar-refractivity contribution in [3.63, 3.8) is 0 Å². The Morgan fingerprint density at radius 3 is 2.74 bits per heavy atom. The minimum atomic E-state index is -0.870. The quantitative estimate of drug-likeness (QED) is 0.749. The van der Waals surface area contributed by atoms with E-state index >= 15 is 0 Å². The van der Waals surface area contributed by atoms with E-state index in [0.29, 0.717) is 25.2 Å². The Kier molecular flexibility index (Phi) is 5.67. The van der Waals surface area contributed by atoms with Crippen molar-refractivity contribution in [2.75, 3.05) is 13.6 Å². The van der Waals surface area contributed by atoms with Crippen LogP contribution in [0.4, 0.5) is 4.79 Å². The second kappa shape index (κ2) is 7.92. The summed E-state index contributed by atoms with van der Waals surface area (Å²) in [6.07, 6.45) is 2.05. The van der Waals surface area contributed by atoms with E-state index < -0.39 is 5.97 Å². The molecule has 0 unspecified atom stereocenters. The number of rotatable bonds is 7. The molecule has 1 aromatic heterocycles. The third-order valence-electron chi connectivity index (χ3n) is 3.12. The van der Waals surface area contributed by atoms with E-state index in [-0.39, 0.29) is 12.5 Å². The summed E-state index contributed by atoms with van der Waals surface area (Å²) < 4.78 is 0. The summed E-state index contributed by atoms with van der Waals surface area (Å²) in [5.74, 6) is -0.870. The topological polar surface area (TPSA) is 100 Å². The van der Waals surface area contributed by atoms with E-state index in [2.05, 4.69) is 15.5 Å². The van der Waals surface area contributed by atoms with Crippen molar-refractivity contribution in [3.05, 3.63) is 42.2 Å². The third kappa shape index (κ3) is 5.10. The molecule has 0 saturated heterocycles. The maximum Gasteiger partial charge on any atom is 0.317 e. The van der Waals surface area contributed by atoms with Crippen LogP contribution in [0.15, 0.2) is 36.5 Å². The highest BCUT2D eigenvalue weighted by atomic mass is 16.4. The number of hydrogen-bond acceptors (Lipinski definition) is 4. The smallest absolute Gasteiger partial charge is 0.317 e. The Hall–Kier alpha value is -2.90. The number of hydrogen-bond donors (Lipinski definition) is 2. The molecule has 2 rings (SSSR count). The fraction of sp³-hybridized carbons (Fsp3) is 0.333. The van der Waals surface area contributed by atoms with Gasteiger partial charge < -0.3 is 15.3 Å². The molecule has 0 aliphatic carbocycles. The number of urea groups is 1. The molecular weight excluding hydrogens is 298 g/mol. The molecule has 8 nitrogen and oxygen atoms in total. The first-order chi connectivity index (χ1) is 11.1. The number of carboxylic acids is 1. The molecule has 2 amide bonds. The lowest BCUT2D eigenvalue weighted by molar-refractivity contribution is -0.137. The number of aliphatic carboxylic acids is 1. The molecule has 8 heteroatoms. The van der Waals surface area contributed by atoms with Crippen LogP contribution in [0.3, 0.4) is 0 Å². The average molecular weight is 317 g/mol. The molecule has 0 bridgehead atoms. The molecule has 1 heterocycles. The number of amides is 2. The fourth-order valence-electron chi connectivity index (χ4n) is 1.94. The molecule has 0 aliphatic heterocycles. The van der Waals surface area contributed by atoms with Crippen LogP contribution < -0.4 is 5.32 Å². The van der Waals surface area contributed by atoms with E-state index in [0.717, 1.165) is 5.69 Å². The van der Waals surface area contributed by atoms with Crippen LogP contribution in [-0.2, 0) is 11.3 Å². The van der Waals surface area contributed by atoms with E-state index in [1.807, 2.05) is 30.3 Å². The summed E-state index contributed by atoms with van der Waals surface area (Å²) in [5.41, 5.74) is 1.51. The maximum atomic E-state index is 11.9. The van der Waals surface area contributed by atoms with Crippen molar-refractivity contribution < 1.29 is 14.7 Å². The molecule has 23 heavy (non-hydrogen) atoms. The van der Waals surface area contributed by atoms with Gasteiger partial charge in [0.05, 0.1) is 18.4 Å². The molecule has 0 atom stereocenters. The lowest BCUT2D eigenvalue weighted by Crippen LogP contribution is -2.37. The summed E-state index contributed by atoms with van der Waals surface area (Å²) >= 11 is 0. The first kappa shape index (κ1) is 16.5. The highest BCUT2D eigenvalue weighted by Crippen LogP contribution is 2.05. The first-order valence-electron chi connectivity index (χ1n) is 7.23. The van der Waals surface area contributed by atoms with Gasteiger partial charge in [-0.25, -0.2) is 4.79 Å². The molecule has 0 radical (unpaired) electrons. The van der Waals surface area contributed by atoms with Gasteiger partial charge in [-0.2, -0.15) is 15.0 Å². The SMILES string of the molecule is CN(Cc1cnn(-c2ccccc2)n1)C(=O)NCCCC(=O)O. The highest BCUT2D eigenvalue weighted by molar-refractivity contribution is 5.73. The zero-order valence-electron chi connectivity index (χ0n) is 12.8. The largest absolute Gasteiger partial charge is 0.481 e. The van der Waals surface area contributed by atoms with Crippen molar-refractivity contribution >= 4 is 12.0 Å². The van der Waals surface area contributed by atoms with E-state index in [1.165, 1.54) is 9.70 Å². The monoisotopic (exact) mass is 317 g/mol. The summed E-state index contributed by atoms with van der Waals surface area (Å²) in [4.78, 5) is 25.3. The van der Waals surface area contributed by atoms with Gasteiger partial charge in [0.1, 0.15) is 5.69 Å². The van der Waals surface area contributed by atoms with Gasteiger partial charge in [-0.05, 0) is 18.6 Å². The predicted octanol–water partition coefficient (Wildman–Crippen LogP) is 1.27. The molecule has 2 N–H and O–H groups in total. The normalized spacial score (nSPS) is 10.3. The Labute approximate surface area is 133 Å². The van der Waals surface area contributed by atoms with Crippen LogP contribution in [0.1, 0.15) is 18.5 Å². The summed E-state index contributed by atoms with van der Waals surface area (Å²) in [6, 6.07) is 9.22. The van der Waals surface area contributed by atoms with Gasteiger partial charge in [0, 0.05) is 20.0 Å². The number of aromatic nitrogens is 3. The van der Waals surface area contributed by atoms with Crippen molar-refractivity contribution in [2.24, 2.45) is 0 Å². The lowest BCUT2D eigenvalue weighted by Gasteiger charge is -2.16. The van der Waals surface area contributed by atoms with Crippen molar-refractivity contribution in [2.45, 2.75) is 19.4 Å². The molecule has 0 spiro atoms. The first-order valence-corrected chi connectivity index (χ1v) is 7.23. The number of nitrogens with one attached hydrogen (secondary N) is 1. The molecule has 1 aromatic carbocycles. The van der Waals surface area contributed by atoms with Crippen molar-refractivity contribution in [1.82, 2.24) is 25.2 Å². The van der Waals surface area contributed by atoms with Gasteiger partial charge in [-0.3, -0.25) is 4.79 Å². The minimum Gasteiger partial charge on any atom is -0.481 e. The Balaban J connectivity index is 1.83. The van der Waals surface area contributed by atoms with Gasteiger partial charge >= 0.3 is 12.0 Å². The average Bonchev–Trinajstić information content (AvgIpc) is 3.00. The Morgan fingerprint density at radius 1 is 1.30 bits per heavy atom. The zero-order valence-corrected chi connectivity index (χ0v) is 12.8. The summed E-state index contributed by atoms with van der Waals surface area (Å²) in [7, 11) is 1.65. The van der Waals surface area contributed by atoms with Crippen molar-refractivity contribution in [3.8, 4) is 5.69 Å². The van der Waals surface area contributed by atoms with E-state index in [4.69, 9.17) is 5.11 Å². The molecular formula is C15H19N5O3. The number of benzene rings is 1. The number of para-hydroxylation sites is 1. The molecule has 0 fully saturated rings. The zero-order chi connectivity index (χ0) is 16.7. The van der Waals surface area contributed by atoms with Gasteiger partial charge in [0.25, 0.3) is 0 Å². The molecule has 0 aliphatic rings. The Morgan fingerprint density at radius 2 is 2.04 bits per heavy atom. The molecule has 2 aromatic rings. The predicted molar refractivity (Wildman–Crippen MR) is 83.1 cm³/mol. The van der Waals surface area contributed by atoms with Gasteiger partial charge in [-0.15, -0.1) is 0 Å². The minimum absolute atomic E-state index is 0.0371. The van der Waals surface area contributed by atoms with Gasteiger partial charge in [0.2, 0.25) is 0 Å². The van der Waals surface area contributed by atoms with Crippen LogP contribution >= 0.6 is 0 Å². The van der Waals surface area contributed by atoms with Crippen LogP contribution in [-0.4, -0.2) is 50.6 Å². The standard InChI is InChI=1S/C15H19N5O3/c1-19(15(23)16-9-5-8-14(21)22)11-12-10-17-20(18-12)13-6-3-2-4-7-13/h2-4,6-7,10H,5,8-9,11H2,1H3,(H,16,23)(H,21,22). The second-order valence-electron chi connectivity index (χ2n) is 5.05. The lowest BCUT2D eigenvalue weighted by atomic mass is 10.3. The van der Waals surface area contributed by atoms with Crippen LogP contribution in [0.25, 0.3) is 5.69 Å². The molecule has 122 valence electrons. The number of carbonyl (C=O) groups excluding carboxylic acids is 1. The summed E-state index contributed by atoms with van der Waals surface area (Å²) in [6.45, 7) is 0.643. The van der Waals surface area contributed by atoms with E-state index in [9.17, 15) is 9.59 Å². The fourth-order valence-corrected chi connectivity index (χ4v) is 1.94. The number of nitrogens with zero attached hydrogens (tertiary/aromatic N) is 4. The number of carbonyl (C=O) groups is 2. The van der Waals surface area contributed by atoms with Gasteiger partial charge in [-0.1, -0.05) is 18.2 Å². The molecule has 0 saturated carbocycles. The maximum absolute atomic E-state index is 11.9. The third-order valence-corrected chi connectivity index (χ3v) is 3.12. The van der Waals surface area contributed by atoms with Crippen LogP contribution in [0, 0.1) is 0 Å². The second-order valence-corrected chi connectivity index (χ2v) is 5.05. The van der Waals surface area contributed by atoms with Crippen LogP contribution in [0.2, 0.25) is 0 Å². The van der Waals surface area contributed by atoms with Gasteiger partial charge in [0.15, 0.2) is 0 Å². The number of carboxylic acid groups (broad SMARTS) is 1. The van der Waals surface area contributed by atoms with Crippen LogP contribution in [0.5, 0.6) is 0 Å². The van der Waals surface area contributed by atoms with E-state index in [1.54, 1.807) is 13.2 Å². The highest BCUT2D eigenvalue weighted by Gasteiger charge is 2.11. The summed E-state index contributed by atoms with van der Waals surface area (Å²) in [5, 5.41) is 19.7.